The molecule has 4 aromatic rings. The number of furan rings is 1. The SMILES string of the molecule is COc1cc(Cl)cc2cc(C(=O)C3=C(O)C(=O)N(c4ccc(Cl)cc4)C3c3cccnc3)oc12. The molecule has 0 spiro atoms. The van der Waals surface area contributed by atoms with Gasteiger partial charge in [0, 0.05) is 39.6 Å². The van der Waals surface area contributed by atoms with E-state index in [1.54, 1.807) is 54.7 Å². The Hall–Kier alpha value is -3.81. The predicted molar refractivity (Wildman–Crippen MR) is 128 cm³/mol. The van der Waals surface area contributed by atoms with E-state index in [1.807, 2.05) is 0 Å². The van der Waals surface area contributed by atoms with Crippen LogP contribution in [0.1, 0.15) is 22.2 Å². The Labute approximate surface area is 203 Å². The van der Waals surface area contributed by atoms with Gasteiger partial charge in [-0.05, 0) is 48.0 Å². The summed E-state index contributed by atoms with van der Waals surface area (Å²) in [5.41, 5.74) is 1.19. The molecule has 1 unspecified atom stereocenters. The lowest BCUT2D eigenvalue weighted by atomic mass is 9.96. The molecule has 1 aliphatic rings. The fourth-order valence-electron chi connectivity index (χ4n) is 4.04. The second-order valence-electron chi connectivity index (χ2n) is 7.57. The summed E-state index contributed by atoms with van der Waals surface area (Å²) in [4.78, 5) is 32.3. The van der Waals surface area contributed by atoms with E-state index < -0.39 is 23.5 Å². The van der Waals surface area contributed by atoms with Crippen LogP contribution in [-0.4, -0.2) is 28.9 Å². The molecule has 2 aromatic heterocycles. The molecule has 1 N–H and O–H groups in total. The van der Waals surface area contributed by atoms with Crippen LogP contribution >= 0.6 is 23.2 Å². The molecule has 0 radical (unpaired) electrons. The van der Waals surface area contributed by atoms with Gasteiger partial charge in [-0.1, -0.05) is 29.3 Å². The number of aliphatic hydroxyl groups excluding tert-OH is 1. The third-order valence-corrected chi connectivity index (χ3v) is 6.02. The first kappa shape index (κ1) is 22.0. The number of rotatable bonds is 5. The number of amides is 1. The zero-order valence-electron chi connectivity index (χ0n) is 17.7. The predicted octanol–water partition coefficient (Wildman–Crippen LogP) is 5.93. The van der Waals surface area contributed by atoms with Gasteiger partial charge in [0.2, 0.25) is 5.78 Å². The molecule has 2 aromatic carbocycles. The number of pyridine rings is 1. The van der Waals surface area contributed by atoms with E-state index >= 15 is 0 Å². The first-order valence-electron chi connectivity index (χ1n) is 10.1. The normalized spacial score (nSPS) is 15.9. The van der Waals surface area contributed by atoms with Crippen molar-refractivity contribution in [2.24, 2.45) is 0 Å². The first-order chi connectivity index (χ1) is 16.4. The maximum Gasteiger partial charge on any atom is 0.294 e. The molecule has 0 saturated heterocycles. The quantitative estimate of drug-likeness (QED) is 0.345. The van der Waals surface area contributed by atoms with Gasteiger partial charge in [-0.2, -0.15) is 0 Å². The molecular formula is C25H16Cl2N2O5. The molecule has 7 nitrogen and oxygen atoms in total. The van der Waals surface area contributed by atoms with Crippen LogP contribution in [0, 0.1) is 0 Å². The van der Waals surface area contributed by atoms with Gasteiger partial charge in [0.05, 0.1) is 18.7 Å². The van der Waals surface area contributed by atoms with Gasteiger partial charge >= 0.3 is 0 Å². The highest BCUT2D eigenvalue weighted by Crippen LogP contribution is 2.43. The van der Waals surface area contributed by atoms with Crippen LogP contribution in [0.4, 0.5) is 5.69 Å². The van der Waals surface area contributed by atoms with E-state index in [1.165, 1.54) is 24.3 Å². The number of nitrogens with zero attached hydrogens (tertiary/aromatic N) is 2. The largest absolute Gasteiger partial charge is 0.503 e. The molecule has 170 valence electrons. The van der Waals surface area contributed by atoms with Crippen molar-refractivity contribution in [2.45, 2.75) is 6.04 Å². The summed E-state index contributed by atoms with van der Waals surface area (Å²) >= 11 is 12.1. The van der Waals surface area contributed by atoms with Gasteiger partial charge in [0.1, 0.15) is 0 Å². The van der Waals surface area contributed by atoms with Gasteiger partial charge in [-0.3, -0.25) is 19.5 Å². The van der Waals surface area contributed by atoms with E-state index in [0.29, 0.717) is 38.0 Å². The second-order valence-corrected chi connectivity index (χ2v) is 8.44. The number of ketones is 1. The van der Waals surface area contributed by atoms with E-state index in [0.717, 1.165) is 0 Å². The van der Waals surface area contributed by atoms with Gasteiger partial charge < -0.3 is 14.3 Å². The number of carbonyl (C=O) groups is 2. The number of methoxy groups -OCH3 is 1. The van der Waals surface area contributed by atoms with Crippen molar-refractivity contribution in [1.82, 2.24) is 4.98 Å². The molecular weight excluding hydrogens is 479 g/mol. The second kappa shape index (κ2) is 8.52. The highest BCUT2D eigenvalue weighted by Gasteiger charge is 2.45. The summed E-state index contributed by atoms with van der Waals surface area (Å²) in [6.07, 6.45) is 3.11. The molecule has 1 amide bonds. The minimum atomic E-state index is -0.937. The molecule has 1 aliphatic heterocycles. The minimum Gasteiger partial charge on any atom is -0.503 e. The number of hydrogen-bond acceptors (Lipinski definition) is 6. The molecule has 0 fully saturated rings. The van der Waals surface area contributed by atoms with Crippen molar-refractivity contribution in [3.05, 3.63) is 99.7 Å². The molecule has 1 atom stereocenters. The fourth-order valence-corrected chi connectivity index (χ4v) is 4.38. The zero-order chi connectivity index (χ0) is 24.0. The first-order valence-corrected chi connectivity index (χ1v) is 10.9. The fraction of sp³-hybridized carbons (Fsp3) is 0.0800. The lowest BCUT2D eigenvalue weighted by Gasteiger charge is -2.26. The topological polar surface area (TPSA) is 92.9 Å². The average molecular weight is 495 g/mol. The number of Topliss-reactive ketones (excluding diaryl/α,β-unsaturated/α-hetero) is 1. The van der Waals surface area contributed by atoms with Gasteiger partial charge in [-0.15, -0.1) is 0 Å². The van der Waals surface area contributed by atoms with Gasteiger partial charge in [0.15, 0.2) is 22.9 Å². The molecule has 9 heteroatoms. The van der Waals surface area contributed by atoms with Crippen molar-refractivity contribution >= 4 is 51.5 Å². The van der Waals surface area contributed by atoms with Crippen LogP contribution in [0.2, 0.25) is 10.0 Å². The van der Waals surface area contributed by atoms with Crippen LogP contribution in [-0.2, 0) is 4.79 Å². The summed E-state index contributed by atoms with van der Waals surface area (Å²) in [6.45, 7) is 0. The van der Waals surface area contributed by atoms with Crippen molar-refractivity contribution in [1.29, 1.82) is 0 Å². The van der Waals surface area contributed by atoms with Crippen LogP contribution < -0.4 is 9.64 Å². The number of aromatic nitrogens is 1. The molecule has 3 heterocycles. The minimum absolute atomic E-state index is 0.0724. The van der Waals surface area contributed by atoms with Crippen molar-refractivity contribution in [3.63, 3.8) is 0 Å². The Morgan fingerprint density at radius 1 is 1.12 bits per heavy atom. The standard InChI is InChI=1S/C25H16Cl2N2O5/c1-33-19-11-16(27)9-14-10-18(34-24(14)19)22(30)20-21(13-3-2-8-28-12-13)29(25(32)23(20)31)17-6-4-15(26)5-7-17/h2-12,21,31H,1H3. The Bertz CT molecular complexity index is 1460. The highest BCUT2D eigenvalue weighted by molar-refractivity contribution is 6.31. The molecule has 0 saturated carbocycles. The maximum absolute atomic E-state index is 13.7. The van der Waals surface area contributed by atoms with Gasteiger partial charge in [0.25, 0.3) is 5.91 Å². The van der Waals surface area contributed by atoms with Crippen LogP contribution in [0.25, 0.3) is 11.0 Å². The van der Waals surface area contributed by atoms with Crippen molar-refractivity contribution in [3.8, 4) is 5.75 Å². The van der Waals surface area contributed by atoms with E-state index in [9.17, 15) is 14.7 Å². The number of aliphatic hydroxyl groups is 1. The van der Waals surface area contributed by atoms with E-state index in [-0.39, 0.29) is 11.3 Å². The number of ether oxygens (including phenoxy) is 1. The van der Waals surface area contributed by atoms with E-state index in [2.05, 4.69) is 4.98 Å². The van der Waals surface area contributed by atoms with E-state index in [4.69, 9.17) is 32.4 Å². The maximum atomic E-state index is 13.7. The lowest BCUT2D eigenvalue weighted by molar-refractivity contribution is -0.117. The Balaban J connectivity index is 1.65. The highest BCUT2D eigenvalue weighted by atomic mass is 35.5. The third kappa shape index (κ3) is 3.59. The molecule has 34 heavy (non-hydrogen) atoms. The monoisotopic (exact) mass is 494 g/mol. The number of carbonyl (C=O) groups excluding carboxylic acids is 2. The number of halogens is 2. The summed E-state index contributed by atoms with van der Waals surface area (Å²) in [5, 5.41) is 12.3. The number of anilines is 1. The Morgan fingerprint density at radius 3 is 2.56 bits per heavy atom. The summed E-state index contributed by atoms with van der Waals surface area (Å²) < 4.78 is 11.1. The average Bonchev–Trinajstić information content (AvgIpc) is 3.38. The Morgan fingerprint density at radius 2 is 1.88 bits per heavy atom. The van der Waals surface area contributed by atoms with Crippen molar-refractivity contribution in [2.75, 3.05) is 12.0 Å². The Kier molecular flexibility index (Phi) is 5.51. The smallest absolute Gasteiger partial charge is 0.294 e. The van der Waals surface area contributed by atoms with Crippen LogP contribution in [0.15, 0.2) is 82.7 Å². The van der Waals surface area contributed by atoms with Crippen LogP contribution in [0.5, 0.6) is 5.75 Å². The number of benzene rings is 2. The molecule has 0 bridgehead atoms. The summed E-state index contributed by atoms with van der Waals surface area (Å²) in [7, 11) is 1.46. The number of hydrogen-bond donors (Lipinski definition) is 1. The van der Waals surface area contributed by atoms with Crippen LogP contribution in [0.3, 0.4) is 0 Å². The molecule has 0 aliphatic carbocycles. The van der Waals surface area contributed by atoms with Crippen molar-refractivity contribution < 1.29 is 23.8 Å². The number of fused-ring (bicyclic) bond motifs is 1. The summed E-state index contributed by atoms with van der Waals surface area (Å²) in [6, 6.07) is 13.7. The van der Waals surface area contributed by atoms with Gasteiger partial charge in [-0.25, -0.2) is 0 Å². The lowest BCUT2D eigenvalue weighted by Crippen LogP contribution is -2.31. The molecule has 5 rings (SSSR count). The third-order valence-electron chi connectivity index (χ3n) is 5.55. The summed E-state index contributed by atoms with van der Waals surface area (Å²) in [5.74, 6) is -1.76. The zero-order valence-corrected chi connectivity index (χ0v) is 19.2.